The molecule has 7 nitrogen and oxygen atoms in total. The topological polar surface area (TPSA) is 101 Å². The maximum absolute atomic E-state index is 11.7. The number of ether oxygens (including phenoxy) is 2. The highest BCUT2D eigenvalue weighted by Crippen LogP contribution is 2.12. The van der Waals surface area contributed by atoms with E-state index in [1.54, 1.807) is 7.05 Å². The largest absolute Gasteiger partial charge is 0.459 e. The van der Waals surface area contributed by atoms with Crippen LogP contribution >= 0.6 is 0 Å². The van der Waals surface area contributed by atoms with Crippen LogP contribution in [-0.2, 0) is 26.5 Å². The second-order valence-electron chi connectivity index (χ2n) is 3.97. The SMILES string of the molecule is CCCOCCOC(=O)c1cc(S(N)(=O)=O)cn1C. The van der Waals surface area contributed by atoms with E-state index in [9.17, 15) is 13.2 Å². The van der Waals surface area contributed by atoms with E-state index in [-0.39, 0.29) is 17.2 Å². The summed E-state index contributed by atoms with van der Waals surface area (Å²) in [6.45, 7) is 3.02. The van der Waals surface area contributed by atoms with Gasteiger partial charge in [0.05, 0.1) is 6.61 Å². The van der Waals surface area contributed by atoms with E-state index in [1.807, 2.05) is 6.92 Å². The number of aryl methyl sites for hydroxylation is 1. The summed E-state index contributed by atoms with van der Waals surface area (Å²) >= 11 is 0. The van der Waals surface area contributed by atoms with Gasteiger partial charge in [0, 0.05) is 19.9 Å². The normalized spacial score (nSPS) is 11.5. The van der Waals surface area contributed by atoms with Crippen molar-refractivity contribution < 1.29 is 22.7 Å². The molecule has 0 amide bonds. The minimum absolute atomic E-state index is 0.120. The fourth-order valence-corrected chi connectivity index (χ4v) is 1.99. The van der Waals surface area contributed by atoms with Crippen LogP contribution in [0.1, 0.15) is 23.8 Å². The van der Waals surface area contributed by atoms with Crippen molar-refractivity contribution in [3.63, 3.8) is 0 Å². The summed E-state index contributed by atoms with van der Waals surface area (Å²) in [7, 11) is -2.28. The quantitative estimate of drug-likeness (QED) is 0.573. The molecule has 0 aliphatic rings. The first-order chi connectivity index (χ1) is 8.86. The molecule has 0 saturated carbocycles. The van der Waals surface area contributed by atoms with E-state index >= 15 is 0 Å². The Kier molecular flexibility index (Phi) is 5.52. The number of sulfonamides is 1. The van der Waals surface area contributed by atoms with Gasteiger partial charge in [0.15, 0.2) is 0 Å². The number of hydrogen-bond donors (Lipinski definition) is 1. The first-order valence-corrected chi connectivity index (χ1v) is 7.35. The fraction of sp³-hybridized carbons (Fsp3) is 0.545. The van der Waals surface area contributed by atoms with Gasteiger partial charge < -0.3 is 14.0 Å². The molecule has 0 spiro atoms. The molecule has 0 aliphatic heterocycles. The zero-order valence-electron chi connectivity index (χ0n) is 11.0. The molecule has 0 radical (unpaired) electrons. The Morgan fingerprint density at radius 1 is 1.37 bits per heavy atom. The van der Waals surface area contributed by atoms with Crippen LogP contribution in [0.5, 0.6) is 0 Å². The lowest BCUT2D eigenvalue weighted by Crippen LogP contribution is -2.13. The number of nitrogens with zero attached hydrogens (tertiary/aromatic N) is 1. The molecule has 108 valence electrons. The highest BCUT2D eigenvalue weighted by Gasteiger charge is 2.18. The Bertz CT molecular complexity index is 535. The Morgan fingerprint density at radius 3 is 2.58 bits per heavy atom. The molecule has 8 heteroatoms. The molecular formula is C11H18N2O5S. The number of esters is 1. The van der Waals surface area contributed by atoms with E-state index in [4.69, 9.17) is 14.6 Å². The predicted octanol–water partition coefficient (Wildman–Crippen LogP) is 0.256. The third-order valence-corrected chi connectivity index (χ3v) is 3.21. The molecule has 1 aromatic rings. The molecule has 2 N–H and O–H groups in total. The molecule has 0 unspecified atom stereocenters. The fourth-order valence-electron chi connectivity index (χ4n) is 1.41. The number of primary sulfonamides is 1. The molecule has 0 saturated heterocycles. The minimum Gasteiger partial charge on any atom is -0.459 e. The Morgan fingerprint density at radius 2 is 2.05 bits per heavy atom. The molecule has 1 rings (SSSR count). The summed E-state index contributed by atoms with van der Waals surface area (Å²) in [5.41, 5.74) is 0.125. The molecule has 0 aromatic carbocycles. The van der Waals surface area contributed by atoms with Crippen molar-refractivity contribution in [2.24, 2.45) is 12.2 Å². The number of hydrogen-bond acceptors (Lipinski definition) is 5. The number of aromatic nitrogens is 1. The molecule has 0 bridgehead atoms. The van der Waals surface area contributed by atoms with Crippen LogP contribution in [0.3, 0.4) is 0 Å². The van der Waals surface area contributed by atoms with Crippen LogP contribution in [0.15, 0.2) is 17.2 Å². The summed E-state index contributed by atoms with van der Waals surface area (Å²) in [5, 5.41) is 4.98. The second kappa shape index (κ2) is 6.69. The van der Waals surface area contributed by atoms with Gasteiger partial charge in [-0.05, 0) is 12.5 Å². The van der Waals surface area contributed by atoms with Crippen molar-refractivity contribution in [3.05, 3.63) is 18.0 Å². The summed E-state index contributed by atoms with van der Waals surface area (Å²) in [4.78, 5) is 11.6. The Hall–Kier alpha value is -1.38. The van der Waals surface area contributed by atoms with Gasteiger partial charge in [0.25, 0.3) is 0 Å². The van der Waals surface area contributed by atoms with Crippen LogP contribution in [0.25, 0.3) is 0 Å². The molecule has 1 aromatic heterocycles. The zero-order valence-corrected chi connectivity index (χ0v) is 11.8. The zero-order chi connectivity index (χ0) is 14.5. The standard InChI is InChI=1S/C11H18N2O5S/c1-3-4-17-5-6-18-11(14)10-7-9(8-13(10)2)19(12,15)16/h7-8H,3-6H2,1-2H3,(H2,12,15,16). The van der Waals surface area contributed by atoms with Gasteiger partial charge in [0.2, 0.25) is 10.0 Å². The van der Waals surface area contributed by atoms with Gasteiger partial charge in [-0.2, -0.15) is 0 Å². The van der Waals surface area contributed by atoms with Crippen LogP contribution in [0, 0.1) is 0 Å². The van der Waals surface area contributed by atoms with Crippen molar-refractivity contribution in [1.82, 2.24) is 4.57 Å². The Labute approximate surface area is 112 Å². The van der Waals surface area contributed by atoms with Crippen molar-refractivity contribution in [1.29, 1.82) is 0 Å². The molecule has 0 atom stereocenters. The van der Waals surface area contributed by atoms with E-state index in [0.29, 0.717) is 13.2 Å². The third-order valence-electron chi connectivity index (χ3n) is 2.33. The van der Waals surface area contributed by atoms with Gasteiger partial charge in [-0.15, -0.1) is 0 Å². The van der Waals surface area contributed by atoms with Crippen molar-refractivity contribution >= 4 is 16.0 Å². The van der Waals surface area contributed by atoms with Crippen molar-refractivity contribution in [2.45, 2.75) is 18.2 Å². The maximum Gasteiger partial charge on any atom is 0.355 e. The second-order valence-corrected chi connectivity index (χ2v) is 5.53. The maximum atomic E-state index is 11.7. The highest BCUT2D eigenvalue weighted by molar-refractivity contribution is 7.89. The average molecular weight is 290 g/mol. The van der Waals surface area contributed by atoms with Gasteiger partial charge in [-0.25, -0.2) is 18.4 Å². The van der Waals surface area contributed by atoms with Crippen LogP contribution in [0.2, 0.25) is 0 Å². The third kappa shape index (κ3) is 4.66. The van der Waals surface area contributed by atoms with Crippen molar-refractivity contribution in [3.8, 4) is 0 Å². The number of nitrogens with two attached hydrogens (primary N) is 1. The van der Waals surface area contributed by atoms with E-state index in [1.165, 1.54) is 16.8 Å². The van der Waals surface area contributed by atoms with Gasteiger partial charge in [-0.1, -0.05) is 6.92 Å². The van der Waals surface area contributed by atoms with Gasteiger partial charge in [-0.3, -0.25) is 0 Å². The Balaban J connectivity index is 2.60. The molecule has 1 heterocycles. The lowest BCUT2D eigenvalue weighted by Gasteiger charge is -2.05. The highest BCUT2D eigenvalue weighted by atomic mass is 32.2. The minimum atomic E-state index is -3.82. The van der Waals surface area contributed by atoms with E-state index in [2.05, 4.69) is 0 Å². The van der Waals surface area contributed by atoms with E-state index in [0.717, 1.165) is 6.42 Å². The molecular weight excluding hydrogens is 272 g/mol. The first kappa shape index (κ1) is 15.7. The molecule has 0 fully saturated rings. The number of carbonyl (C=O) groups excluding carboxylic acids is 1. The summed E-state index contributed by atoms with van der Waals surface area (Å²) in [6, 6.07) is 1.19. The van der Waals surface area contributed by atoms with Crippen molar-refractivity contribution in [2.75, 3.05) is 19.8 Å². The monoisotopic (exact) mass is 290 g/mol. The smallest absolute Gasteiger partial charge is 0.355 e. The average Bonchev–Trinajstić information content (AvgIpc) is 2.70. The lowest BCUT2D eigenvalue weighted by atomic mass is 10.4. The van der Waals surface area contributed by atoms with Crippen LogP contribution in [-0.4, -0.2) is 38.8 Å². The number of rotatable bonds is 7. The first-order valence-electron chi connectivity index (χ1n) is 5.80. The van der Waals surface area contributed by atoms with Crippen LogP contribution in [0.4, 0.5) is 0 Å². The van der Waals surface area contributed by atoms with Crippen LogP contribution < -0.4 is 5.14 Å². The summed E-state index contributed by atoms with van der Waals surface area (Å²) in [5.74, 6) is -0.613. The predicted molar refractivity (Wildman–Crippen MR) is 68.2 cm³/mol. The summed E-state index contributed by atoms with van der Waals surface area (Å²) in [6.07, 6.45) is 2.16. The molecule has 0 aliphatic carbocycles. The number of carbonyl (C=O) groups is 1. The molecule has 19 heavy (non-hydrogen) atoms. The van der Waals surface area contributed by atoms with Gasteiger partial charge in [0.1, 0.15) is 17.2 Å². The van der Waals surface area contributed by atoms with Gasteiger partial charge >= 0.3 is 5.97 Å². The lowest BCUT2D eigenvalue weighted by molar-refractivity contribution is 0.0309. The van der Waals surface area contributed by atoms with E-state index < -0.39 is 16.0 Å². The summed E-state index contributed by atoms with van der Waals surface area (Å²) < 4.78 is 33.8.